The minimum Gasteiger partial charge on any atom is -0.478 e. The van der Waals surface area contributed by atoms with E-state index in [-0.39, 0.29) is 17.6 Å². The molecular formula is C10H13N3O3S. The van der Waals surface area contributed by atoms with Gasteiger partial charge in [0.05, 0.1) is 5.69 Å². The molecule has 1 aliphatic carbocycles. The van der Waals surface area contributed by atoms with E-state index < -0.39 is 5.97 Å². The molecule has 0 unspecified atom stereocenters. The fourth-order valence-corrected chi connectivity index (χ4v) is 2.27. The molecule has 92 valence electrons. The average molecular weight is 255 g/mol. The lowest BCUT2D eigenvalue weighted by molar-refractivity contribution is 0.0697. The highest BCUT2D eigenvalue weighted by molar-refractivity contribution is 7.11. The molecule has 1 aromatic rings. The van der Waals surface area contributed by atoms with Crippen molar-refractivity contribution in [1.82, 2.24) is 9.69 Å². The summed E-state index contributed by atoms with van der Waals surface area (Å²) < 4.78 is 3.98. The zero-order valence-corrected chi connectivity index (χ0v) is 10.4. The van der Waals surface area contributed by atoms with Crippen LogP contribution in [-0.4, -0.2) is 34.6 Å². The van der Waals surface area contributed by atoms with E-state index in [1.165, 1.54) is 4.90 Å². The van der Waals surface area contributed by atoms with Crippen LogP contribution in [0.25, 0.3) is 0 Å². The topological polar surface area (TPSA) is 82.5 Å². The van der Waals surface area contributed by atoms with Crippen molar-refractivity contribution in [2.24, 2.45) is 0 Å². The number of aryl methyl sites for hydroxylation is 1. The lowest BCUT2D eigenvalue weighted by Gasteiger charge is -2.16. The summed E-state index contributed by atoms with van der Waals surface area (Å²) in [5.74, 6) is -1.06. The van der Waals surface area contributed by atoms with Crippen LogP contribution in [0.4, 0.5) is 9.80 Å². The number of aromatic nitrogens is 1. The van der Waals surface area contributed by atoms with Crippen LogP contribution in [0.3, 0.4) is 0 Å². The molecule has 1 saturated carbocycles. The molecule has 0 aromatic carbocycles. The van der Waals surface area contributed by atoms with Crippen molar-refractivity contribution in [3.63, 3.8) is 0 Å². The lowest BCUT2D eigenvalue weighted by Crippen LogP contribution is -2.38. The highest BCUT2D eigenvalue weighted by atomic mass is 32.1. The normalized spacial score (nSPS) is 14.5. The molecule has 1 heterocycles. The van der Waals surface area contributed by atoms with Crippen LogP contribution in [0.2, 0.25) is 0 Å². The molecule has 0 bridgehead atoms. The first-order valence-electron chi connectivity index (χ1n) is 5.24. The minimum atomic E-state index is -1.06. The van der Waals surface area contributed by atoms with E-state index in [9.17, 15) is 9.59 Å². The van der Waals surface area contributed by atoms with E-state index in [0.29, 0.717) is 10.7 Å². The molecule has 2 rings (SSSR count). The van der Waals surface area contributed by atoms with Crippen molar-refractivity contribution in [1.29, 1.82) is 0 Å². The molecule has 2 amide bonds. The number of carbonyl (C=O) groups is 2. The number of carboxylic acids is 1. The van der Waals surface area contributed by atoms with E-state index in [2.05, 4.69) is 9.69 Å². The van der Waals surface area contributed by atoms with E-state index in [4.69, 9.17) is 5.11 Å². The molecule has 2 N–H and O–H groups in total. The largest absolute Gasteiger partial charge is 0.478 e. The van der Waals surface area contributed by atoms with Crippen LogP contribution in [-0.2, 0) is 0 Å². The van der Waals surface area contributed by atoms with Crippen molar-refractivity contribution < 1.29 is 14.7 Å². The molecule has 0 aliphatic heterocycles. The molecule has 6 nitrogen and oxygen atoms in total. The Kier molecular flexibility index (Phi) is 3.01. The zero-order chi connectivity index (χ0) is 12.6. The summed E-state index contributed by atoms with van der Waals surface area (Å²) in [6.45, 7) is 1.62. The second-order valence-electron chi connectivity index (χ2n) is 4.04. The quantitative estimate of drug-likeness (QED) is 0.856. The van der Waals surface area contributed by atoms with Crippen molar-refractivity contribution in [3.8, 4) is 0 Å². The monoisotopic (exact) mass is 255 g/mol. The first-order valence-corrected chi connectivity index (χ1v) is 6.02. The van der Waals surface area contributed by atoms with Gasteiger partial charge in [0.25, 0.3) is 0 Å². The maximum absolute atomic E-state index is 11.8. The number of hydrogen-bond donors (Lipinski definition) is 2. The molecule has 0 spiro atoms. The zero-order valence-electron chi connectivity index (χ0n) is 9.56. The average Bonchev–Trinajstić information content (AvgIpc) is 2.97. The molecular weight excluding hydrogens is 242 g/mol. The molecule has 0 saturated heterocycles. The molecule has 0 atom stereocenters. The van der Waals surface area contributed by atoms with Gasteiger partial charge in [-0.15, -0.1) is 0 Å². The molecule has 1 aromatic heterocycles. The number of aromatic carboxylic acids is 1. The number of carboxylic acid groups (broad SMARTS) is 1. The van der Waals surface area contributed by atoms with Crippen molar-refractivity contribution in [2.75, 3.05) is 11.9 Å². The summed E-state index contributed by atoms with van der Waals surface area (Å²) in [5.41, 5.74) is 0.534. The Hall–Kier alpha value is -1.63. The molecule has 1 aliphatic rings. The Balaban J connectivity index is 2.20. The third-order valence-corrected chi connectivity index (χ3v) is 3.59. The van der Waals surface area contributed by atoms with Crippen molar-refractivity contribution >= 4 is 28.5 Å². The summed E-state index contributed by atoms with van der Waals surface area (Å²) >= 11 is 1.02. The van der Waals surface area contributed by atoms with Crippen LogP contribution < -0.4 is 10.2 Å². The smallest absolute Gasteiger partial charge is 0.340 e. The molecule has 1 fully saturated rings. The van der Waals surface area contributed by atoms with Gasteiger partial charge >= 0.3 is 12.0 Å². The Morgan fingerprint density at radius 1 is 1.53 bits per heavy atom. The van der Waals surface area contributed by atoms with Crippen molar-refractivity contribution in [2.45, 2.75) is 25.8 Å². The van der Waals surface area contributed by atoms with Gasteiger partial charge in [-0.05, 0) is 31.3 Å². The van der Waals surface area contributed by atoms with E-state index in [1.54, 1.807) is 14.0 Å². The van der Waals surface area contributed by atoms with Crippen molar-refractivity contribution in [3.05, 3.63) is 11.3 Å². The SMILES string of the molecule is Cc1nsc(N(C)C(=O)NC2CC2)c1C(=O)O. The first kappa shape index (κ1) is 11.8. The second-order valence-corrected chi connectivity index (χ2v) is 4.79. The predicted octanol–water partition coefficient (Wildman–Crippen LogP) is 1.46. The number of hydrogen-bond acceptors (Lipinski definition) is 4. The Labute approximate surface area is 102 Å². The number of urea groups is 1. The number of nitrogens with one attached hydrogen (secondary N) is 1. The van der Waals surface area contributed by atoms with Crippen LogP contribution in [0, 0.1) is 6.92 Å². The number of nitrogens with zero attached hydrogens (tertiary/aromatic N) is 2. The maximum Gasteiger partial charge on any atom is 0.340 e. The number of rotatable bonds is 3. The second kappa shape index (κ2) is 4.33. The van der Waals surface area contributed by atoms with Crippen LogP contribution >= 0.6 is 11.5 Å². The van der Waals surface area contributed by atoms with Gasteiger partial charge in [-0.3, -0.25) is 4.90 Å². The summed E-state index contributed by atoms with van der Waals surface area (Å²) in [6, 6.07) is -0.0362. The third kappa shape index (κ3) is 2.38. The highest BCUT2D eigenvalue weighted by Gasteiger charge is 2.28. The number of carbonyl (C=O) groups excluding carboxylic acids is 1. The molecule has 17 heavy (non-hydrogen) atoms. The van der Waals surface area contributed by atoms with E-state index >= 15 is 0 Å². The highest BCUT2D eigenvalue weighted by Crippen LogP contribution is 2.28. The molecule has 0 radical (unpaired) electrons. The van der Waals surface area contributed by atoms with Crippen LogP contribution in [0.5, 0.6) is 0 Å². The lowest BCUT2D eigenvalue weighted by atomic mass is 10.2. The fourth-order valence-electron chi connectivity index (χ4n) is 1.42. The Morgan fingerprint density at radius 3 is 2.71 bits per heavy atom. The van der Waals surface area contributed by atoms with Gasteiger partial charge in [0, 0.05) is 13.1 Å². The van der Waals surface area contributed by atoms with Gasteiger partial charge in [0.2, 0.25) is 0 Å². The van der Waals surface area contributed by atoms with Gasteiger partial charge in [-0.2, -0.15) is 4.37 Å². The third-order valence-electron chi connectivity index (χ3n) is 2.57. The van der Waals surface area contributed by atoms with E-state index in [1.807, 2.05) is 0 Å². The number of anilines is 1. The summed E-state index contributed by atoms with van der Waals surface area (Å²) in [6.07, 6.45) is 1.99. The van der Waals surface area contributed by atoms with Gasteiger partial charge in [-0.25, -0.2) is 9.59 Å². The van der Waals surface area contributed by atoms with Gasteiger partial charge in [0.15, 0.2) is 0 Å². The predicted molar refractivity (Wildman–Crippen MR) is 63.8 cm³/mol. The Bertz CT molecular complexity index is 467. The standard InChI is InChI=1S/C10H13N3O3S/c1-5-7(9(14)15)8(17-12-5)13(2)10(16)11-6-3-4-6/h6H,3-4H2,1-2H3,(H,11,16)(H,14,15). The van der Waals surface area contributed by atoms with E-state index in [0.717, 1.165) is 24.4 Å². The summed E-state index contributed by atoms with van der Waals surface area (Å²) in [7, 11) is 1.55. The van der Waals surface area contributed by atoms with Crippen LogP contribution in [0.1, 0.15) is 28.9 Å². The summed E-state index contributed by atoms with van der Waals surface area (Å²) in [4.78, 5) is 24.2. The fraction of sp³-hybridized carbons (Fsp3) is 0.500. The van der Waals surface area contributed by atoms with Crippen LogP contribution in [0.15, 0.2) is 0 Å². The maximum atomic E-state index is 11.8. The summed E-state index contributed by atoms with van der Waals surface area (Å²) in [5, 5.41) is 12.2. The minimum absolute atomic E-state index is 0.100. The van der Waals surface area contributed by atoms with Gasteiger partial charge < -0.3 is 10.4 Å². The van der Waals surface area contributed by atoms with Gasteiger partial charge in [-0.1, -0.05) is 0 Å². The first-order chi connectivity index (χ1) is 8.00. The Morgan fingerprint density at radius 2 is 2.18 bits per heavy atom. The van der Waals surface area contributed by atoms with Gasteiger partial charge in [0.1, 0.15) is 10.6 Å². The number of amides is 2. The molecule has 7 heteroatoms.